The molecule has 0 amide bonds. The Bertz CT molecular complexity index is 504. The van der Waals surface area contributed by atoms with Crippen molar-refractivity contribution in [1.29, 1.82) is 0 Å². The standard InChI is InChI=1S/C7H8O.C5H5.2CH3.2ClH.H3Si.Ti/c1-6-3-2-4-7(8)5-6;1-2-4-5-3-1;;;;;;/h2-5,8H,1H3;1-3H,4H2;2*1H3;2*1H;1H3;/q;;;;;;;+1/p-1. The van der Waals surface area contributed by atoms with Crippen LogP contribution in [0.4, 0.5) is 0 Å². The molecule has 0 spiro atoms. The van der Waals surface area contributed by atoms with Gasteiger partial charge >= 0.3 is 108 Å². The number of rotatable bonds is 3. The van der Waals surface area contributed by atoms with Crippen LogP contribution in [0.25, 0.3) is 0 Å². The van der Waals surface area contributed by atoms with Gasteiger partial charge in [-0.15, -0.1) is 24.8 Å². The van der Waals surface area contributed by atoms with Crippen LogP contribution in [0.1, 0.15) is 12.0 Å². The van der Waals surface area contributed by atoms with Gasteiger partial charge in [-0.25, -0.2) is 0 Å². The summed E-state index contributed by atoms with van der Waals surface area (Å²) in [4.78, 5) is 0. The molecule has 107 valence electrons. The van der Waals surface area contributed by atoms with E-state index in [4.69, 9.17) is 3.32 Å². The molecular weight excluding hydrogens is 331 g/mol. The van der Waals surface area contributed by atoms with Crippen molar-refractivity contribution in [3.8, 4) is 5.75 Å². The normalized spacial score (nSPS) is 15.7. The zero-order valence-corrected chi connectivity index (χ0v) is 17.2. The van der Waals surface area contributed by atoms with Crippen LogP contribution in [0, 0.1) is 6.92 Å². The van der Waals surface area contributed by atoms with Crippen LogP contribution < -0.4 is 3.32 Å². The summed E-state index contributed by atoms with van der Waals surface area (Å²) >= 11 is -2.80. The van der Waals surface area contributed by atoms with Crippen LogP contribution >= 0.6 is 24.8 Å². The number of aryl methyl sites for hydroxylation is 1. The van der Waals surface area contributed by atoms with Crippen molar-refractivity contribution in [3.05, 3.63) is 51.9 Å². The SMILES string of the molecule is Cc1cccc([O][Ti]([CH3])([CH3])([SiH3])[C]2=CC=CC2)c1.Cl.Cl. The number of benzene rings is 1. The molecule has 0 bridgehead atoms. The number of halogens is 2. The fourth-order valence-corrected chi connectivity index (χ4v) is 8.74. The summed E-state index contributed by atoms with van der Waals surface area (Å²) in [5, 5.41) is 4.79. The Kier molecular flexibility index (Phi) is 6.65. The molecule has 0 saturated heterocycles. The van der Waals surface area contributed by atoms with Crippen molar-refractivity contribution in [1.82, 2.24) is 0 Å². The average Bonchev–Trinajstić information content (AvgIpc) is 2.68. The fraction of sp³-hybridized carbons (Fsp3) is 0.286. The van der Waals surface area contributed by atoms with Crippen molar-refractivity contribution < 1.29 is 18.3 Å². The maximum Gasteiger partial charge on any atom is -0.147 e. The molecule has 1 nitrogen and oxygen atoms in total. The molecule has 5 heteroatoms. The van der Waals surface area contributed by atoms with Crippen LogP contribution in [0.2, 0.25) is 10.5 Å². The van der Waals surface area contributed by atoms with E-state index in [1.54, 1.807) is 3.88 Å². The Morgan fingerprint density at radius 3 is 2.42 bits per heavy atom. The van der Waals surface area contributed by atoms with Gasteiger partial charge in [0.1, 0.15) is 0 Å². The van der Waals surface area contributed by atoms with E-state index in [-0.39, 0.29) is 24.8 Å². The van der Waals surface area contributed by atoms with E-state index in [0.29, 0.717) is 0 Å². The molecule has 0 aromatic heterocycles. The molecule has 1 aliphatic carbocycles. The third-order valence-corrected chi connectivity index (χ3v) is 12.3. The third kappa shape index (κ3) is 4.80. The summed E-state index contributed by atoms with van der Waals surface area (Å²) in [6.45, 7) is 2.11. The van der Waals surface area contributed by atoms with Crippen molar-refractivity contribution in [2.75, 3.05) is 0 Å². The summed E-state index contributed by atoms with van der Waals surface area (Å²) in [6, 6.07) is 8.43. The molecule has 1 aromatic rings. The van der Waals surface area contributed by atoms with E-state index in [2.05, 4.69) is 59.9 Å². The van der Waals surface area contributed by atoms with Crippen LogP contribution in [0.3, 0.4) is 0 Å². The van der Waals surface area contributed by atoms with Gasteiger partial charge in [-0.05, 0) is 0 Å². The molecule has 0 aliphatic heterocycles. The monoisotopic (exact) mass is 353 g/mol. The van der Waals surface area contributed by atoms with Crippen molar-refractivity contribution in [3.63, 3.8) is 0 Å². The molecule has 1 aliphatic rings. The predicted octanol–water partition coefficient (Wildman–Crippen LogP) is 4.04. The topological polar surface area (TPSA) is 9.23 Å². The van der Waals surface area contributed by atoms with Gasteiger partial charge in [0.2, 0.25) is 0 Å². The van der Waals surface area contributed by atoms with E-state index < -0.39 is 14.9 Å². The fourth-order valence-electron chi connectivity index (χ4n) is 2.24. The molecule has 0 atom stereocenters. The second-order valence-electron chi connectivity index (χ2n) is 6.21. The summed E-state index contributed by atoms with van der Waals surface area (Å²) < 4.78 is 8.06. The van der Waals surface area contributed by atoms with Gasteiger partial charge in [-0.2, -0.15) is 0 Å². The third-order valence-electron chi connectivity index (χ3n) is 3.33. The predicted molar refractivity (Wildman–Crippen MR) is 89.8 cm³/mol. The second-order valence-corrected chi connectivity index (χ2v) is 28.8. The quantitative estimate of drug-likeness (QED) is 0.745. The molecule has 2 rings (SSSR count). The summed E-state index contributed by atoms with van der Waals surface area (Å²) in [6.07, 6.45) is 7.78. The molecule has 0 N–H and O–H groups in total. The van der Waals surface area contributed by atoms with E-state index in [9.17, 15) is 0 Å². The van der Waals surface area contributed by atoms with Crippen LogP contribution in [-0.4, -0.2) is 8.11 Å². The maximum absolute atomic E-state index is 6.50. The molecule has 1 aromatic carbocycles. The van der Waals surface area contributed by atoms with E-state index in [1.165, 1.54) is 5.56 Å². The maximum atomic E-state index is 6.50. The first-order valence-corrected chi connectivity index (χ1v) is 16.4. The molecule has 0 fully saturated rings. The molecule has 19 heavy (non-hydrogen) atoms. The minimum Gasteiger partial charge on any atom is -0.147 e. The van der Waals surface area contributed by atoms with E-state index >= 15 is 0 Å². The first-order chi connectivity index (χ1) is 7.85. The molecule has 0 heterocycles. The van der Waals surface area contributed by atoms with Crippen molar-refractivity contribution >= 4 is 32.9 Å². The summed E-state index contributed by atoms with van der Waals surface area (Å²) in [7, 11) is 1.14. The Labute approximate surface area is 132 Å². The van der Waals surface area contributed by atoms with Crippen LogP contribution in [0.15, 0.2) is 46.4 Å². The van der Waals surface area contributed by atoms with Gasteiger partial charge in [-0.1, -0.05) is 0 Å². The van der Waals surface area contributed by atoms with Crippen molar-refractivity contribution in [2.45, 2.75) is 23.8 Å². The van der Waals surface area contributed by atoms with Gasteiger partial charge in [0.15, 0.2) is 0 Å². The smallest absolute Gasteiger partial charge is 0.147 e. The zero-order valence-electron chi connectivity index (χ0n) is 12.0. The van der Waals surface area contributed by atoms with Crippen LogP contribution in [0.5, 0.6) is 5.75 Å². The van der Waals surface area contributed by atoms with Gasteiger partial charge in [-0.3, -0.25) is 0 Å². The Hall–Kier alpha value is 0.0112. The zero-order chi connectivity index (χ0) is 12.5. The van der Waals surface area contributed by atoms with Gasteiger partial charge in [0.25, 0.3) is 0 Å². The molecule has 0 radical (unpaired) electrons. The largest absolute Gasteiger partial charge is 0.147 e. The molecule has 0 unspecified atom stereocenters. The van der Waals surface area contributed by atoms with Crippen LogP contribution in [-0.2, 0) is 14.9 Å². The second kappa shape index (κ2) is 6.64. The van der Waals surface area contributed by atoms with E-state index in [0.717, 1.165) is 20.3 Å². The van der Waals surface area contributed by atoms with E-state index in [1.807, 2.05) is 0 Å². The first-order valence-electron chi connectivity index (χ1n) is 6.20. The Balaban J connectivity index is 0.00000162. The molecular formula is C14H23Cl2OSiTi. The van der Waals surface area contributed by atoms with Gasteiger partial charge < -0.3 is 0 Å². The van der Waals surface area contributed by atoms with Gasteiger partial charge in [0, 0.05) is 0 Å². The minimum absolute atomic E-state index is 0. The summed E-state index contributed by atoms with van der Waals surface area (Å²) in [5.41, 5.74) is 1.27. The van der Waals surface area contributed by atoms with Gasteiger partial charge in [0.05, 0.1) is 0 Å². The summed E-state index contributed by atoms with van der Waals surface area (Å²) in [5.74, 6) is 1.05. The Morgan fingerprint density at radius 1 is 1.21 bits per heavy atom. The molecule has 0 saturated carbocycles. The first kappa shape index (κ1) is 19.0. The number of hydrogen-bond donors (Lipinski definition) is 0. The number of hydrogen-bond acceptors (Lipinski definition) is 1. The minimum atomic E-state index is -2.80. The van der Waals surface area contributed by atoms with Crippen molar-refractivity contribution in [2.24, 2.45) is 0 Å². The average molecular weight is 354 g/mol. The number of allylic oxidation sites excluding steroid dienone is 4. The Morgan fingerprint density at radius 2 is 1.89 bits per heavy atom.